The highest BCUT2D eigenvalue weighted by atomic mass is 35.5. The molecule has 1 aromatic heterocycles. The first-order chi connectivity index (χ1) is 6.67. The van der Waals surface area contributed by atoms with E-state index in [9.17, 15) is 0 Å². The Labute approximate surface area is 98.6 Å². The first-order valence-electron chi connectivity index (χ1n) is 4.53. The summed E-state index contributed by atoms with van der Waals surface area (Å²) in [4.78, 5) is 2.24. The highest BCUT2D eigenvalue weighted by Gasteiger charge is 2.09. The zero-order valence-electron chi connectivity index (χ0n) is 8.09. The molecule has 0 atom stereocenters. The summed E-state index contributed by atoms with van der Waals surface area (Å²) in [6.07, 6.45) is 0. The van der Waals surface area contributed by atoms with Gasteiger partial charge in [-0.1, -0.05) is 30.1 Å². The molecular formula is C9H14Cl2N2S. The maximum absolute atomic E-state index is 6.02. The van der Waals surface area contributed by atoms with Crippen molar-refractivity contribution in [2.24, 2.45) is 5.73 Å². The Morgan fingerprint density at radius 2 is 2.21 bits per heavy atom. The number of rotatable bonds is 5. The first kappa shape index (κ1) is 12.3. The third-order valence-corrected chi connectivity index (χ3v) is 3.58. The predicted molar refractivity (Wildman–Crippen MR) is 64.3 cm³/mol. The van der Waals surface area contributed by atoms with Gasteiger partial charge in [-0.25, -0.2) is 0 Å². The summed E-state index contributed by atoms with van der Waals surface area (Å²) >= 11 is 13.3. The Kier molecular flexibility index (Phi) is 5.20. The molecule has 1 aromatic rings. The van der Waals surface area contributed by atoms with Crippen molar-refractivity contribution in [1.29, 1.82) is 0 Å². The van der Waals surface area contributed by atoms with E-state index in [2.05, 4.69) is 11.8 Å². The summed E-state index contributed by atoms with van der Waals surface area (Å²) < 4.78 is 1.53. The van der Waals surface area contributed by atoms with Crippen molar-refractivity contribution in [2.75, 3.05) is 19.6 Å². The standard InChI is InChI=1S/C9H14Cl2N2S/c1-2-13(4-3-12)6-7-5-8(10)14-9(7)11/h5H,2-4,6,12H2,1H3. The highest BCUT2D eigenvalue weighted by molar-refractivity contribution is 7.20. The van der Waals surface area contributed by atoms with Crippen LogP contribution >= 0.6 is 34.5 Å². The molecule has 5 heteroatoms. The van der Waals surface area contributed by atoms with Gasteiger partial charge in [0.25, 0.3) is 0 Å². The molecule has 0 radical (unpaired) electrons. The van der Waals surface area contributed by atoms with E-state index in [0.717, 1.165) is 33.9 Å². The van der Waals surface area contributed by atoms with Gasteiger partial charge in [0.05, 0.1) is 8.67 Å². The zero-order valence-corrected chi connectivity index (χ0v) is 10.4. The van der Waals surface area contributed by atoms with Crippen LogP contribution in [-0.4, -0.2) is 24.5 Å². The molecule has 0 aliphatic heterocycles. The van der Waals surface area contributed by atoms with Crippen LogP contribution < -0.4 is 5.73 Å². The summed E-state index contributed by atoms with van der Waals surface area (Å²) in [6, 6.07) is 1.92. The van der Waals surface area contributed by atoms with Crippen LogP contribution in [0.25, 0.3) is 0 Å². The molecule has 0 bridgehead atoms. The molecule has 80 valence electrons. The van der Waals surface area contributed by atoms with E-state index in [1.807, 2.05) is 6.07 Å². The van der Waals surface area contributed by atoms with Crippen molar-refractivity contribution in [3.63, 3.8) is 0 Å². The minimum atomic E-state index is 0.670. The van der Waals surface area contributed by atoms with E-state index < -0.39 is 0 Å². The van der Waals surface area contributed by atoms with Gasteiger partial charge in [-0.15, -0.1) is 11.3 Å². The number of hydrogen-bond donors (Lipinski definition) is 1. The van der Waals surface area contributed by atoms with Crippen LogP contribution in [0, 0.1) is 0 Å². The SMILES string of the molecule is CCN(CCN)Cc1cc(Cl)sc1Cl. The lowest BCUT2D eigenvalue weighted by Crippen LogP contribution is -2.28. The van der Waals surface area contributed by atoms with Crippen LogP contribution in [0.5, 0.6) is 0 Å². The smallest absolute Gasteiger partial charge is 0.0989 e. The van der Waals surface area contributed by atoms with Crippen molar-refractivity contribution < 1.29 is 0 Å². The molecule has 0 saturated heterocycles. The van der Waals surface area contributed by atoms with Crippen molar-refractivity contribution in [3.8, 4) is 0 Å². The van der Waals surface area contributed by atoms with E-state index >= 15 is 0 Å². The van der Waals surface area contributed by atoms with Gasteiger partial charge in [-0.3, -0.25) is 4.90 Å². The van der Waals surface area contributed by atoms with Gasteiger partial charge in [0.15, 0.2) is 0 Å². The number of thiophene rings is 1. The molecule has 0 aromatic carbocycles. The number of hydrogen-bond acceptors (Lipinski definition) is 3. The van der Waals surface area contributed by atoms with Crippen LogP contribution in [0.3, 0.4) is 0 Å². The van der Waals surface area contributed by atoms with Gasteiger partial charge < -0.3 is 5.73 Å². The molecule has 14 heavy (non-hydrogen) atoms. The topological polar surface area (TPSA) is 29.3 Å². The number of halogens is 2. The van der Waals surface area contributed by atoms with Crippen LogP contribution in [0.15, 0.2) is 6.07 Å². The van der Waals surface area contributed by atoms with Crippen LogP contribution in [0.4, 0.5) is 0 Å². The van der Waals surface area contributed by atoms with Gasteiger partial charge in [0, 0.05) is 19.6 Å². The summed E-state index contributed by atoms with van der Waals surface area (Å²) in [5.74, 6) is 0. The maximum atomic E-state index is 6.02. The summed E-state index contributed by atoms with van der Waals surface area (Å²) in [5, 5.41) is 0. The molecule has 0 spiro atoms. The lowest BCUT2D eigenvalue weighted by atomic mass is 10.3. The van der Waals surface area contributed by atoms with Gasteiger partial charge in [-0.2, -0.15) is 0 Å². The van der Waals surface area contributed by atoms with Crippen molar-refractivity contribution >= 4 is 34.5 Å². The third kappa shape index (κ3) is 3.41. The molecule has 2 N–H and O–H groups in total. The molecule has 2 nitrogen and oxygen atoms in total. The molecule has 1 rings (SSSR count). The molecule has 0 aliphatic rings. The number of likely N-dealkylation sites (N-methyl/N-ethyl adjacent to an activating group) is 1. The number of nitrogens with two attached hydrogens (primary N) is 1. The fourth-order valence-corrected chi connectivity index (χ4v) is 2.73. The quantitative estimate of drug-likeness (QED) is 0.874. The maximum Gasteiger partial charge on any atom is 0.0989 e. The summed E-state index contributed by atoms with van der Waals surface area (Å²) in [6.45, 7) is 5.47. The molecule has 0 amide bonds. The molecular weight excluding hydrogens is 239 g/mol. The van der Waals surface area contributed by atoms with E-state index in [0.29, 0.717) is 6.54 Å². The Hall–Kier alpha value is 0.200. The Morgan fingerprint density at radius 1 is 1.50 bits per heavy atom. The van der Waals surface area contributed by atoms with Crippen molar-refractivity contribution in [2.45, 2.75) is 13.5 Å². The highest BCUT2D eigenvalue weighted by Crippen LogP contribution is 2.31. The zero-order chi connectivity index (χ0) is 10.6. The second-order valence-electron chi connectivity index (χ2n) is 3.01. The van der Waals surface area contributed by atoms with Gasteiger partial charge in [-0.05, 0) is 18.2 Å². The fourth-order valence-electron chi connectivity index (χ4n) is 1.25. The minimum Gasteiger partial charge on any atom is -0.329 e. The van der Waals surface area contributed by atoms with Gasteiger partial charge in [0.2, 0.25) is 0 Å². The number of nitrogens with zero attached hydrogens (tertiary/aromatic N) is 1. The van der Waals surface area contributed by atoms with Crippen molar-refractivity contribution in [1.82, 2.24) is 4.90 Å². The van der Waals surface area contributed by atoms with Crippen LogP contribution in [0.2, 0.25) is 8.67 Å². The second kappa shape index (κ2) is 5.93. The second-order valence-corrected chi connectivity index (χ2v) is 5.29. The average molecular weight is 253 g/mol. The average Bonchev–Trinajstić information content (AvgIpc) is 2.44. The summed E-state index contributed by atoms with van der Waals surface area (Å²) in [5.41, 5.74) is 6.60. The first-order valence-corrected chi connectivity index (χ1v) is 6.10. The van der Waals surface area contributed by atoms with E-state index in [4.69, 9.17) is 28.9 Å². The van der Waals surface area contributed by atoms with E-state index in [1.54, 1.807) is 0 Å². The molecule has 0 fully saturated rings. The Morgan fingerprint density at radius 3 is 2.64 bits per heavy atom. The largest absolute Gasteiger partial charge is 0.329 e. The normalized spacial score (nSPS) is 11.2. The molecule has 0 unspecified atom stereocenters. The van der Waals surface area contributed by atoms with Crippen LogP contribution in [0.1, 0.15) is 12.5 Å². The monoisotopic (exact) mass is 252 g/mol. The van der Waals surface area contributed by atoms with Gasteiger partial charge >= 0.3 is 0 Å². The molecule has 1 heterocycles. The molecule has 0 saturated carbocycles. The lowest BCUT2D eigenvalue weighted by molar-refractivity contribution is 0.288. The Bertz CT molecular complexity index is 288. The summed E-state index contributed by atoms with van der Waals surface area (Å²) in [7, 11) is 0. The predicted octanol–water partition coefficient (Wildman–Crippen LogP) is 2.84. The fraction of sp³-hybridized carbons (Fsp3) is 0.556. The van der Waals surface area contributed by atoms with E-state index in [1.165, 1.54) is 11.3 Å². The lowest BCUT2D eigenvalue weighted by Gasteiger charge is -2.18. The van der Waals surface area contributed by atoms with Crippen LogP contribution in [-0.2, 0) is 6.54 Å². The van der Waals surface area contributed by atoms with Gasteiger partial charge in [0.1, 0.15) is 0 Å². The Balaban J connectivity index is 2.61. The van der Waals surface area contributed by atoms with Crippen molar-refractivity contribution in [3.05, 3.63) is 20.3 Å². The molecule has 0 aliphatic carbocycles. The van der Waals surface area contributed by atoms with E-state index in [-0.39, 0.29) is 0 Å². The minimum absolute atomic E-state index is 0.670. The third-order valence-electron chi connectivity index (χ3n) is 2.01.